The van der Waals surface area contributed by atoms with Crippen LogP contribution >= 0.6 is 0 Å². The van der Waals surface area contributed by atoms with Crippen LogP contribution in [-0.4, -0.2) is 15.0 Å². The van der Waals surface area contributed by atoms with Crippen LogP contribution in [0.2, 0.25) is 0 Å². The Morgan fingerprint density at radius 1 is 0.952 bits per heavy atom. The molecule has 0 saturated heterocycles. The van der Waals surface area contributed by atoms with Crippen molar-refractivity contribution in [2.45, 2.75) is 26.2 Å². The van der Waals surface area contributed by atoms with Crippen LogP contribution in [0.3, 0.4) is 0 Å². The van der Waals surface area contributed by atoms with Crippen molar-refractivity contribution in [2.75, 3.05) is 0 Å². The molecule has 21 heavy (non-hydrogen) atoms. The second-order valence-corrected chi connectivity index (χ2v) is 5.47. The molecule has 2 aromatic carbocycles. The summed E-state index contributed by atoms with van der Waals surface area (Å²) >= 11 is 0. The molecule has 0 aliphatic heterocycles. The van der Waals surface area contributed by atoms with E-state index in [0.717, 1.165) is 23.0 Å². The van der Waals surface area contributed by atoms with Crippen LogP contribution in [0.5, 0.6) is 0 Å². The van der Waals surface area contributed by atoms with Gasteiger partial charge >= 0.3 is 0 Å². The van der Waals surface area contributed by atoms with Gasteiger partial charge in [0.15, 0.2) is 0 Å². The second-order valence-electron chi connectivity index (χ2n) is 5.47. The van der Waals surface area contributed by atoms with Crippen molar-refractivity contribution in [1.29, 1.82) is 0 Å². The SMILES string of the molecule is CCCCc1[nH]cnc2c1ccc1c3ccccc3nc12. The van der Waals surface area contributed by atoms with E-state index in [0.29, 0.717) is 0 Å². The predicted octanol–water partition coefficient (Wildman–Crippen LogP) is 4.61. The summed E-state index contributed by atoms with van der Waals surface area (Å²) in [7, 11) is 0. The molecule has 0 bridgehead atoms. The largest absolute Gasteiger partial charge is 0.349 e. The van der Waals surface area contributed by atoms with Crippen LogP contribution < -0.4 is 0 Å². The average molecular weight is 275 g/mol. The molecule has 4 rings (SSSR count). The monoisotopic (exact) mass is 275 g/mol. The Hall–Kier alpha value is -2.42. The highest BCUT2D eigenvalue weighted by molar-refractivity contribution is 6.15. The van der Waals surface area contributed by atoms with Gasteiger partial charge in [0.2, 0.25) is 0 Å². The first-order chi connectivity index (χ1) is 10.4. The number of rotatable bonds is 3. The van der Waals surface area contributed by atoms with Gasteiger partial charge in [-0.3, -0.25) is 0 Å². The van der Waals surface area contributed by atoms with E-state index in [4.69, 9.17) is 4.98 Å². The molecule has 0 aliphatic carbocycles. The van der Waals surface area contributed by atoms with Gasteiger partial charge in [0, 0.05) is 21.9 Å². The van der Waals surface area contributed by atoms with Gasteiger partial charge in [-0.1, -0.05) is 43.7 Å². The summed E-state index contributed by atoms with van der Waals surface area (Å²) in [6.07, 6.45) is 5.23. The zero-order chi connectivity index (χ0) is 14.2. The number of hydrogen-bond donors (Lipinski definition) is 1. The molecule has 0 amide bonds. The van der Waals surface area contributed by atoms with E-state index in [1.54, 1.807) is 6.33 Å². The number of benzene rings is 2. The maximum Gasteiger partial charge on any atom is 0.1000 e. The minimum atomic E-state index is 1.01. The first-order valence-electron chi connectivity index (χ1n) is 7.52. The number of unbranched alkanes of at least 4 members (excludes halogenated alkanes) is 1. The first kappa shape index (κ1) is 12.3. The highest BCUT2D eigenvalue weighted by Crippen LogP contribution is 2.30. The van der Waals surface area contributed by atoms with Crippen molar-refractivity contribution in [3.05, 3.63) is 48.4 Å². The lowest BCUT2D eigenvalue weighted by molar-refractivity contribution is 0.780. The highest BCUT2D eigenvalue weighted by atomic mass is 14.9. The van der Waals surface area contributed by atoms with E-state index in [1.807, 2.05) is 6.07 Å². The standard InChI is InChI=1S/C18H17N3/c1-2-3-7-15-14-10-9-13-12-6-4-5-8-16(12)21-18(13)17(14)20-11-19-15/h4-6,8-11H,2-3,7H2,1H3,(H,19,20). The van der Waals surface area contributed by atoms with Gasteiger partial charge in [0.1, 0.15) is 0 Å². The summed E-state index contributed by atoms with van der Waals surface area (Å²) in [5.41, 5.74) is 4.33. The lowest BCUT2D eigenvalue weighted by atomic mass is 10.1. The van der Waals surface area contributed by atoms with Crippen LogP contribution in [0.15, 0.2) is 42.7 Å². The number of fused-ring (bicyclic) bond motifs is 5. The van der Waals surface area contributed by atoms with E-state index in [2.05, 4.69) is 47.2 Å². The smallest absolute Gasteiger partial charge is 0.1000 e. The molecule has 0 fully saturated rings. The average Bonchev–Trinajstić information content (AvgIpc) is 2.92. The molecule has 0 unspecified atom stereocenters. The van der Waals surface area contributed by atoms with E-state index < -0.39 is 0 Å². The molecular weight excluding hydrogens is 258 g/mol. The summed E-state index contributed by atoms with van der Waals surface area (Å²) in [6, 6.07) is 12.6. The van der Waals surface area contributed by atoms with E-state index in [1.165, 1.54) is 34.7 Å². The Kier molecular flexibility index (Phi) is 2.85. The molecular formula is C18H17N3. The normalized spacial score (nSPS) is 11.7. The van der Waals surface area contributed by atoms with Crippen LogP contribution in [0.25, 0.3) is 32.7 Å². The second kappa shape index (κ2) is 4.85. The zero-order valence-corrected chi connectivity index (χ0v) is 12.1. The number of para-hydroxylation sites is 1. The maximum absolute atomic E-state index is 4.79. The third-order valence-corrected chi connectivity index (χ3v) is 4.12. The highest BCUT2D eigenvalue weighted by Gasteiger charge is 2.11. The van der Waals surface area contributed by atoms with Crippen LogP contribution in [0, 0.1) is 0 Å². The van der Waals surface area contributed by atoms with Crippen molar-refractivity contribution < 1.29 is 0 Å². The van der Waals surface area contributed by atoms with Crippen molar-refractivity contribution in [3.8, 4) is 0 Å². The molecule has 0 spiro atoms. The molecule has 2 heterocycles. The molecule has 0 atom stereocenters. The Morgan fingerprint density at radius 3 is 2.71 bits per heavy atom. The lowest BCUT2D eigenvalue weighted by Gasteiger charge is -2.06. The molecule has 2 aromatic heterocycles. The minimum absolute atomic E-state index is 1.01. The molecule has 0 aliphatic rings. The van der Waals surface area contributed by atoms with Crippen molar-refractivity contribution in [2.24, 2.45) is 0 Å². The number of aromatic nitrogens is 3. The number of hydrogen-bond acceptors (Lipinski definition) is 2. The molecule has 3 nitrogen and oxygen atoms in total. The summed E-state index contributed by atoms with van der Waals surface area (Å²) in [5, 5.41) is 3.60. The lowest BCUT2D eigenvalue weighted by Crippen LogP contribution is -1.94. The molecule has 0 radical (unpaired) electrons. The molecule has 4 aromatic rings. The number of nitrogens with one attached hydrogen (secondary N) is 1. The third-order valence-electron chi connectivity index (χ3n) is 4.12. The first-order valence-corrected chi connectivity index (χ1v) is 7.52. The van der Waals surface area contributed by atoms with E-state index >= 15 is 0 Å². The molecule has 3 heteroatoms. The van der Waals surface area contributed by atoms with Crippen molar-refractivity contribution in [1.82, 2.24) is 15.0 Å². The summed E-state index contributed by atoms with van der Waals surface area (Å²) < 4.78 is 0. The Bertz CT molecular complexity index is 937. The summed E-state index contributed by atoms with van der Waals surface area (Å²) in [5.74, 6) is 0. The Balaban J connectivity index is 2.05. The van der Waals surface area contributed by atoms with Crippen LogP contribution in [0.4, 0.5) is 0 Å². The Labute approximate surface area is 123 Å². The summed E-state index contributed by atoms with van der Waals surface area (Å²) in [6.45, 7) is 2.22. The zero-order valence-electron chi connectivity index (χ0n) is 12.1. The van der Waals surface area contributed by atoms with Crippen LogP contribution in [-0.2, 0) is 6.42 Å². The minimum Gasteiger partial charge on any atom is -0.349 e. The summed E-state index contributed by atoms with van der Waals surface area (Å²) in [4.78, 5) is 12.6. The third kappa shape index (κ3) is 1.88. The van der Waals surface area contributed by atoms with Gasteiger partial charge in [0.05, 0.1) is 22.9 Å². The fourth-order valence-corrected chi connectivity index (χ4v) is 3.02. The fourth-order valence-electron chi connectivity index (χ4n) is 3.02. The van der Waals surface area contributed by atoms with Crippen LogP contribution in [0.1, 0.15) is 25.5 Å². The maximum atomic E-state index is 4.79. The number of aryl methyl sites for hydroxylation is 1. The Morgan fingerprint density at radius 2 is 1.81 bits per heavy atom. The molecule has 104 valence electrons. The van der Waals surface area contributed by atoms with Gasteiger partial charge in [-0.15, -0.1) is 0 Å². The van der Waals surface area contributed by atoms with Gasteiger partial charge in [-0.05, 0) is 18.9 Å². The van der Waals surface area contributed by atoms with E-state index in [-0.39, 0.29) is 0 Å². The van der Waals surface area contributed by atoms with Gasteiger partial charge in [-0.25, -0.2) is 9.97 Å². The van der Waals surface area contributed by atoms with Gasteiger partial charge < -0.3 is 4.98 Å². The van der Waals surface area contributed by atoms with Gasteiger partial charge in [0.25, 0.3) is 0 Å². The number of aromatic amines is 1. The van der Waals surface area contributed by atoms with E-state index in [9.17, 15) is 0 Å². The molecule has 0 saturated carbocycles. The molecule has 1 N–H and O–H groups in total. The van der Waals surface area contributed by atoms with Crippen molar-refractivity contribution in [3.63, 3.8) is 0 Å². The number of H-pyrrole nitrogens is 1. The quantitative estimate of drug-likeness (QED) is 0.593. The fraction of sp³-hybridized carbons (Fsp3) is 0.222. The topological polar surface area (TPSA) is 41.6 Å². The van der Waals surface area contributed by atoms with Gasteiger partial charge in [-0.2, -0.15) is 0 Å². The number of nitrogens with zero attached hydrogens (tertiary/aromatic N) is 2. The predicted molar refractivity (Wildman–Crippen MR) is 87.5 cm³/mol. The van der Waals surface area contributed by atoms with Crippen molar-refractivity contribution >= 4 is 32.7 Å².